The number of rotatable bonds is 3. The molecule has 3 rings (SSSR count). The van der Waals surface area contributed by atoms with Crippen LogP contribution in [0.15, 0.2) is 23.4 Å². The average Bonchev–Trinajstić information content (AvgIpc) is 3.00. The third-order valence-corrected chi connectivity index (χ3v) is 3.42. The van der Waals surface area contributed by atoms with Crippen molar-refractivity contribution in [3.05, 3.63) is 30.4 Å². The maximum Gasteiger partial charge on any atom is 0.213 e. The molecule has 0 aromatic carbocycles. The quantitative estimate of drug-likeness (QED) is 0.839. The van der Waals surface area contributed by atoms with Crippen molar-refractivity contribution >= 4 is 0 Å². The lowest BCUT2D eigenvalue weighted by molar-refractivity contribution is 0.405. The molecular formula is C11H15N5O. The van der Waals surface area contributed by atoms with Gasteiger partial charge in [-0.05, 0) is 13.0 Å². The zero-order valence-corrected chi connectivity index (χ0v) is 9.76. The molecule has 2 aromatic rings. The van der Waals surface area contributed by atoms with E-state index >= 15 is 0 Å². The highest BCUT2D eigenvalue weighted by Gasteiger charge is 2.33. The van der Waals surface area contributed by atoms with Crippen LogP contribution in [0.2, 0.25) is 0 Å². The molecule has 0 radical (unpaired) electrons. The largest absolute Gasteiger partial charge is 0.343 e. The van der Waals surface area contributed by atoms with Gasteiger partial charge in [0.25, 0.3) is 0 Å². The molecule has 1 unspecified atom stereocenters. The lowest BCUT2D eigenvalue weighted by atomic mass is 9.86. The van der Waals surface area contributed by atoms with Gasteiger partial charge in [-0.2, -0.15) is 4.98 Å². The van der Waals surface area contributed by atoms with E-state index in [2.05, 4.69) is 31.9 Å². The maximum absolute atomic E-state index is 4.75. The molecule has 1 aliphatic rings. The minimum Gasteiger partial charge on any atom is -0.343 e. The number of nitrogens with one attached hydrogen (secondary N) is 1. The van der Waals surface area contributed by atoms with Crippen LogP contribution < -0.4 is 5.32 Å². The van der Waals surface area contributed by atoms with E-state index in [1.54, 1.807) is 0 Å². The molecule has 2 aromatic heterocycles. The van der Waals surface area contributed by atoms with E-state index in [0.29, 0.717) is 12.4 Å². The van der Waals surface area contributed by atoms with Crippen LogP contribution in [0.25, 0.3) is 0 Å². The topological polar surface area (TPSA) is 68.8 Å². The van der Waals surface area contributed by atoms with Gasteiger partial charge in [-0.1, -0.05) is 12.1 Å². The van der Waals surface area contributed by atoms with E-state index in [1.807, 2.05) is 12.5 Å². The first-order chi connectivity index (χ1) is 8.28. The maximum atomic E-state index is 4.75. The predicted octanol–water partition coefficient (Wildman–Crippen LogP) is 0.565. The molecule has 90 valence electrons. The third-order valence-electron chi connectivity index (χ3n) is 3.42. The second-order valence-electron chi connectivity index (χ2n) is 4.74. The summed E-state index contributed by atoms with van der Waals surface area (Å²) in [5.74, 6) is 0.679. The van der Waals surface area contributed by atoms with Crippen LogP contribution >= 0.6 is 0 Å². The van der Waals surface area contributed by atoms with Crippen LogP contribution in [-0.2, 0) is 12.0 Å². The first kappa shape index (κ1) is 10.5. The van der Waals surface area contributed by atoms with Gasteiger partial charge in [0.15, 0.2) is 5.82 Å². The third kappa shape index (κ3) is 1.84. The Balaban J connectivity index is 1.89. The van der Waals surface area contributed by atoms with E-state index in [-0.39, 0.29) is 5.41 Å². The first-order valence-corrected chi connectivity index (χ1v) is 5.74. The Morgan fingerprint density at radius 1 is 1.59 bits per heavy atom. The summed E-state index contributed by atoms with van der Waals surface area (Å²) in [7, 11) is 0. The number of hydrogen-bond acceptors (Lipinski definition) is 5. The second kappa shape index (κ2) is 3.96. The fourth-order valence-electron chi connectivity index (χ4n) is 2.40. The molecule has 6 nitrogen and oxygen atoms in total. The molecule has 1 aliphatic heterocycles. The Kier molecular flexibility index (Phi) is 2.44. The van der Waals surface area contributed by atoms with Crippen molar-refractivity contribution in [3.8, 4) is 0 Å². The molecule has 0 aliphatic carbocycles. The summed E-state index contributed by atoms with van der Waals surface area (Å²) in [6, 6.07) is 0. The van der Waals surface area contributed by atoms with Gasteiger partial charge in [-0.15, -0.1) is 0 Å². The van der Waals surface area contributed by atoms with Gasteiger partial charge < -0.3 is 14.4 Å². The summed E-state index contributed by atoms with van der Waals surface area (Å²) in [4.78, 5) is 8.28. The van der Waals surface area contributed by atoms with E-state index in [4.69, 9.17) is 4.52 Å². The molecule has 17 heavy (non-hydrogen) atoms. The van der Waals surface area contributed by atoms with Crippen LogP contribution in [0, 0.1) is 0 Å². The summed E-state index contributed by atoms with van der Waals surface area (Å²) in [5.41, 5.74) is 1.38. The number of nitrogens with zero attached hydrogens (tertiary/aromatic N) is 4. The number of aromatic nitrogens is 4. The molecule has 0 amide bonds. The van der Waals surface area contributed by atoms with Gasteiger partial charge in [-0.25, -0.2) is 4.98 Å². The van der Waals surface area contributed by atoms with E-state index < -0.39 is 0 Å². The summed E-state index contributed by atoms with van der Waals surface area (Å²) >= 11 is 0. The highest BCUT2D eigenvalue weighted by molar-refractivity contribution is 5.17. The zero-order chi connectivity index (χ0) is 11.7. The van der Waals surface area contributed by atoms with Crippen molar-refractivity contribution in [2.75, 3.05) is 13.1 Å². The minimum absolute atomic E-state index is 0.153. The summed E-state index contributed by atoms with van der Waals surface area (Å²) in [5, 5.41) is 7.23. The molecule has 6 heteroatoms. The zero-order valence-electron chi connectivity index (χ0n) is 9.76. The summed E-state index contributed by atoms with van der Waals surface area (Å²) in [6.45, 7) is 4.92. The van der Waals surface area contributed by atoms with Crippen molar-refractivity contribution in [2.45, 2.75) is 25.3 Å². The Hall–Kier alpha value is -1.69. The Labute approximate surface area is 99.0 Å². The molecule has 0 saturated carbocycles. The van der Waals surface area contributed by atoms with Crippen LogP contribution in [0.5, 0.6) is 0 Å². The molecule has 0 spiro atoms. The Morgan fingerprint density at radius 3 is 3.24 bits per heavy atom. The summed E-state index contributed by atoms with van der Waals surface area (Å²) < 4.78 is 6.84. The summed E-state index contributed by atoms with van der Waals surface area (Å²) in [6.07, 6.45) is 6.25. The Bertz CT molecular complexity index is 484. The van der Waals surface area contributed by atoms with E-state index in [1.165, 1.54) is 12.1 Å². The molecule has 1 fully saturated rings. The standard InChI is InChI=1S/C11H15N5O/c1-11(2-3-12-6-11)9-4-13-7-16(9)5-10-14-8-17-15-10/h4,7-8,12H,2-3,5-6H2,1H3. The first-order valence-electron chi connectivity index (χ1n) is 5.74. The van der Waals surface area contributed by atoms with Crippen molar-refractivity contribution in [1.29, 1.82) is 0 Å². The Morgan fingerprint density at radius 2 is 2.53 bits per heavy atom. The molecular weight excluding hydrogens is 218 g/mol. The van der Waals surface area contributed by atoms with Gasteiger partial charge in [0.1, 0.15) is 0 Å². The van der Waals surface area contributed by atoms with Crippen molar-refractivity contribution in [2.24, 2.45) is 0 Å². The lowest BCUT2D eigenvalue weighted by Gasteiger charge is -2.23. The molecule has 1 saturated heterocycles. The second-order valence-corrected chi connectivity index (χ2v) is 4.74. The normalized spacial score (nSPS) is 24.3. The van der Waals surface area contributed by atoms with Gasteiger partial charge >= 0.3 is 0 Å². The smallest absolute Gasteiger partial charge is 0.213 e. The molecule has 0 bridgehead atoms. The highest BCUT2D eigenvalue weighted by Crippen LogP contribution is 2.29. The van der Waals surface area contributed by atoms with E-state index in [0.717, 1.165) is 19.5 Å². The lowest BCUT2D eigenvalue weighted by Crippen LogP contribution is -2.28. The molecule has 3 heterocycles. The van der Waals surface area contributed by atoms with Gasteiger partial charge in [0.05, 0.1) is 12.9 Å². The molecule has 1 N–H and O–H groups in total. The monoisotopic (exact) mass is 233 g/mol. The number of imidazole rings is 1. The van der Waals surface area contributed by atoms with Crippen LogP contribution in [0.1, 0.15) is 24.9 Å². The van der Waals surface area contributed by atoms with E-state index in [9.17, 15) is 0 Å². The minimum atomic E-state index is 0.153. The van der Waals surface area contributed by atoms with Crippen molar-refractivity contribution in [1.82, 2.24) is 25.0 Å². The van der Waals surface area contributed by atoms with Crippen molar-refractivity contribution in [3.63, 3.8) is 0 Å². The van der Waals surface area contributed by atoms with Gasteiger partial charge in [-0.3, -0.25) is 0 Å². The average molecular weight is 233 g/mol. The van der Waals surface area contributed by atoms with Gasteiger partial charge in [0.2, 0.25) is 6.39 Å². The predicted molar refractivity (Wildman–Crippen MR) is 60.5 cm³/mol. The fourth-order valence-corrected chi connectivity index (χ4v) is 2.40. The highest BCUT2D eigenvalue weighted by atomic mass is 16.5. The van der Waals surface area contributed by atoms with Crippen molar-refractivity contribution < 1.29 is 4.52 Å². The SMILES string of the molecule is CC1(c2cncn2Cc2ncon2)CCNC1. The number of hydrogen-bond donors (Lipinski definition) is 1. The van der Waals surface area contributed by atoms with Gasteiger partial charge in [0, 0.05) is 23.9 Å². The van der Waals surface area contributed by atoms with Crippen LogP contribution in [-0.4, -0.2) is 32.8 Å². The van der Waals surface area contributed by atoms with Crippen LogP contribution in [0.4, 0.5) is 0 Å². The fraction of sp³-hybridized carbons (Fsp3) is 0.545. The van der Waals surface area contributed by atoms with Crippen LogP contribution in [0.3, 0.4) is 0 Å². The molecule has 1 atom stereocenters.